The maximum absolute atomic E-state index is 9.18. The highest BCUT2D eigenvalue weighted by atomic mass is 16.8. The number of aliphatic hydroxyl groups excluding tert-OH is 1. The maximum Gasteiger partial charge on any atom is 0.190 e. The molecule has 1 aromatic carbocycles. The highest BCUT2D eigenvalue weighted by Gasteiger charge is 2.55. The van der Waals surface area contributed by atoms with Gasteiger partial charge in [-0.15, -0.1) is 0 Å². The third-order valence-electron chi connectivity index (χ3n) is 3.79. The van der Waals surface area contributed by atoms with Crippen LogP contribution in [0.5, 0.6) is 0 Å². The molecule has 0 aliphatic carbocycles. The summed E-state index contributed by atoms with van der Waals surface area (Å²) in [5.41, 5.74) is 1.10. The minimum absolute atomic E-state index is 0.0543. The molecule has 2 aliphatic heterocycles. The van der Waals surface area contributed by atoms with Gasteiger partial charge in [0, 0.05) is 6.61 Å². The number of ether oxygens (including phenoxy) is 4. The molecule has 21 heavy (non-hydrogen) atoms. The van der Waals surface area contributed by atoms with Crippen molar-refractivity contribution in [3.8, 4) is 0 Å². The molecule has 5 heteroatoms. The van der Waals surface area contributed by atoms with E-state index >= 15 is 0 Å². The third kappa shape index (κ3) is 3.27. The lowest BCUT2D eigenvalue weighted by atomic mass is 10.1. The van der Waals surface area contributed by atoms with Gasteiger partial charge in [0.2, 0.25) is 0 Å². The second-order valence-electron chi connectivity index (χ2n) is 5.92. The molecule has 2 unspecified atom stereocenters. The van der Waals surface area contributed by atoms with Crippen LogP contribution in [0.3, 0.4) is 0 Å². The Kier molecular flexibility index (Phi) is 4.28. The minimum Gasteiger partial charge on any atom is -0.396 e. The molecule has 2 aliphatic rings. The minimum atomic E-state index is -0.659. The van der Waals surface area contributed by atoms with Crippen LogP contribution in [0.15, 0.2) is 30.3 Å². The summed E-state index contributed by atoms with van der Waals surface area (Å²) >= 11 is 0. The van der Waals surface area contributed by atoms with Crippen LogP contribution >= 0.6 is 0 Å². The summed E-state index contributed by atoms with van der Waals surface area (Å²) in [5, 5.41) is 9.18. The van der Waals surface area contributed by atoms with Gasteiger partial charge in [0.1, 0.15) is 12.2 Å². The Balaban J connectivity index is 1.67. The predicted molar refractivity (Wildman–Crippen MR) is 75.4 cm³/mol. The number of rotatable bonds is 5. The highest BCUT2D eigenvalue weighted by molar-refractivity contribution is 5.13. The van der Waals surface area contributed by atoms with E-state index in [0.717, 1.165) is 5.56 Å². The second kappa shape index (κ2) is 6.02. The molecular formula is C16H22O5. The molecule has 2 fully saturated rings. The smallest absolute Gasteiger partial charge is 0.190 e. The van der Waals surface area contributed by atoms with Gasteiger partial charge in [-0.2, -0.15) is 0 Å². The van der Waals surface area contributed by atoms with Crippen molar-refractivity contribution >= 4 is 0 Å². The average Bonchev–Trinajstić information content (AvgIpc) is 2.90. The van der Waals surface area contributed by atoms with Gasteiger partial charge in [0.05, 0.1) is 12.7 Å². The highest BCUT2D eigenvalue weighted by Crippen LogP contribution is 2.39. The molecule has 1 aromatic rings. The van der Waals surface area contributed by atoms with Crippen LogP contribution in [0.4, 0.5) is 0 Å². The number of aliphatic hydroxyl groups is 1. The van der Waals surface area contributed by atoms with Gasteiger partial charge < -0.3 is 24.1 Å². The summed E-state index contributed by atoms with van der Waals surface area (Å²) in [6.07, 6.45) is -0.592. The van der Waals surface area contributed by atoms with Crippen LogP contribution in [0.2, 0.25) is 0 Å². The van der Waals surface area contributed by atoms with Gasteiger partial charge in [-0.25, -0.2) is 0 Å². The molecule has 0 radical (unpaired) electrons. The first kappa shape index (κ1) is 14.9. The maximum atomic E-state index is 9.18. The number of hydrogen-bond acceptors (Lipinski definition) is 5. The van der Waals surface area contributed by atoms with Crippen molar-refractivity contribution in [2.75, 3.05) is 6.61 Å². The van der Waals surface area contributed by atoms with Crippen LogP contribution in [0, 0.1) is 0 Å². The summed E-state index contributed by atoms with van der Waals surface area (Å²) < 4.78 is 23.5. The van der Waals surface area contributed by atoms with Crippen molar-refractivity contribution in [1.82, 2.24) is 0 Å². The van der Waals surface area contributed by atoms with Crippen molar-refractivity contribution in [1.29, 1.82) is 0 Å². The molecule has 2 heterocycles. The first-order chi connectivity index (χ1) is 10.1. The van der Waals surface area contributed by atoms with Gasteiger partial charge in [-0.05, 0) is 25.8 Å². The van der Waals surface area contributed by atoms with Crippen molar-refractivity contribution in [3.05, 3.63) is 35.9 Å². The van der Waals surface area contributed by atoms with Gasteiger partial charge in [-0.1, -0.05) is 30.3 Å². The van der Waals surface area contributed by atoms with E-state index in [-0.39, 0.29) is 24.9 Å². The number of fused-ring (bicyclic) bond motifs is 1. The monoisotopic (exact) mass is 294 g/mol. The summed E-state index contributed by atoms with van der Waals surface area (Å²) in [6.45, 7) is 4.27. The van der Waals surface area contributed by atoms with Crippen molar-refractivity contribution in [3.63, 3.8) is 0 Å². The zero-order valence-corrected chi connectivity index (χ0v) is 12.4. The molecule has 0 bridgehead atoms. The normalized spacial score (nSPS) is 34.0. The molecule has 5 nitrogen and oxygen atoms in total. The van der Waals surface area contributed by atoms with E-state index in [0.29, 0.717) is 13.0 Å². The van der Waals surface area contributed by atoms with Crippen LogP contribution < -0.4 is 0 Å². The third-order valence-corrected chi connectivity index (χ3v) is 3.79. The second-order valence-corrected chi connectivity index (χ2v) is 5.92. The van der Waals surface area contributed by atoms with Crippen molar-refractivity contribution < 1.29 is 24.1 Å². The lowest BCUT2D eigenvalue weighted by Gasteiger charge is -2.25. The Labute approximate surface area is 124 Å². The fraction of sp³-hybridized carbons (Fsp3) is 0.625. The lowest BCUT2D eigenvalue weighted by Crippen LogP contribution is -2.37. The van der Waals surface area contributed by atoms with Gasteiger partial charge >= 0.3 is 0 Å². The van der Waals surface area contributed by atoms with Gasteiger partial charge in [-0.3, -0.25) is 0 Å². The molecule has 0 amide bonds. The van der Waals surface area contributed by atoms with E-state index in [1.54, 1.807) is 0 Å². The van der Waals surface area contributed by atoms with Gasteiger partial charge in [0.25, 0.3) is 0 Å². The van der Waals surface area contributed by atoms with E-state index in [1.807, 2.05) is 44.2 Å². The van der Waals surface area contributed by atoms with E-state index in [2.05, 4.69) is 0 Å². The zero-order valence-electron chi connectivity index (χ0n) is 12.4. The first-order valence-electron chi connectivity index (χ1n) is 7.36. The number of hydrogen-bond donors (Lipinski definition) is 1. The van der Waals surface area contributed by atoms with E-state index in [9.17, 15) is 5.11 Å². The van der Waals surface area contributed by atoms with E-state index < -0.39 is 12.1 Å². The number of benzene rings is 1. The van der Waals surface area contributed by atoms with Crippen LogP contribution in [-0.4, -0.2) is 42.1 Å². The standard InChI is InChI=1S/C16H22O5/c1-16(2)20-14-13(12(8-9-17)19-15(14)21-16)18-10-11-6-4-3-5-7-11/h3-7,12-15,17H,8-10H2,1-2H3/t12-,13?,14?,15-/m1/s1. The Morgan fingerprint density at radius 2 is 1.95 bits per heavy atom. The van der Waals surface area contributed by atoms with Crippen LogP contribution in [-0.2, 0) is 25.6 Å². The summed E-state index contributed by atoms with van der Waals surface area (Å²) in [5.74, 6) is -0.659. The van der Waals surface area contributed by atoms with Gasteiger partial charge in [0.15, 0.2) is 12.1 Å². The SMILES string of the molecule is CC1(C)OC2C(OCc3ccccc3)[C@@H](CCO)O[C@@H]2O1. The Bertz CT molecular complexity index is 461. The molecule has 1 N–H and O–H groups in total. The summed E-state index contributed by atoms with van der Waals surface area (Å²) in [6, 6.07) is 9.98. The topological polar surface area (TPSA) is 57.2 Å². The molecule has 0 aromatic heterocycles. The first-order valence-corrected chi connectivity index (χ1v) is 7.36. The fourth-order valence-corrected chi connectivity index (χ4v) is 2.87. The molecule has 116 valence electrons. The largest absolute Gasteiger partial charge is 0.396 e. The van der Waals surface area contributed by atoms with Crippen LogP contribution in [0.25, 0.3) is 0 Å². The molecule has 0 spiro atoms. The predicted octanol–water partition coefficient (Wildman–Crippen LogP) is 1.83. The molecule has 0 saturated carbocycles. The molecule has 4 atom stereocenters. The average molecular weight is 294 g/mol. The quantitative estimate of drug-likeness (QED) is 0.898. The lowest BCUT2D eigenvalue weighted by molar-refractivity contribution is -0.220. The molecule has 3 rings (SSSR count). The van der Waals surface area contributed by atoms with Crippen molar-refractivity contribution in [2.24, 2.45) is 0 Å². The van der Waals surface area contributed by atoms with Crippen LogP contribution in [0.1, 0.15) is 25.8 Å². The molecular weight excluding hydrogens is 272 g/mol. The zero-order chi connectivity index (χ0) is 14.9. The Morgan fingerprint density at radius 3 is 2.67 bits per heavy atom. The fourth-order valence-electron chi connectivity index (χ4n) is 2.87. The van der Waals surface area contributed by atoms with E-state index in [4.69, 9.17) is 18.9 Å². The van der Waals surface area contributed by atoms with E-state index in [1.165, 1.54) is 0 Å². The summed E-state index contributed by atoms with van der Waals surface area (Å²) in [7, 11) is 0. The summed E-state index contributed by atoms with van der Waals surface area (Å²) in [4.78, 5) is 0. The Hall–Kier alpha value is -0.980. The van der Waals surface area contributed by atoms with Crippen molar-refractivity contribution in [2.45, 2.75) is 57.3 Å². The molecule has 2 saturated heterocycles. The Morgan fingerprint density at radius 1 is 1.19 bits per heavy atom.